The fourth-order valence-electron chi connectivity index (χ4n) is 0.257. The zero-order valence-corrected chi connectivity index (χ0v) is 6.23. The second kappa shape index (κ2) is 5.60. The van der Waals surface area contributed by atoms with Gasteiger partial charge in [-0.15, -0.1) is 0 Å². The third kappa shape index (κ3) is 5.34. The molecule has 0 aromatic carbocycles. The van der Waals surface area contributed by atoms with Crippen molar-refractivity contribution in [2.24, 2.45) is 0 Å². The van der Waals surface area contributed by atoms with Crippen LogP contribution in [-0.4, -0.2) is 24.2 Å². The van der Waals surface area contributed by atoms with Gasteiger partial charge in [-0.25, -0.2) is 0 Å². The van der Waals surface area contributed by atoms with E-state index < -0.39 is 0 Å². The molecule has 0 aliphatic rings. The predicted octanol–water partition coefficient (Wildman–Crippen LogP) is -0.549. The zero-order chi connectivity index (χ0) is 7.11. The van der Waals surface area contributed by atoms with Crippen LogP contribution in [0.1, 0.15) is 0 Å². The summed E-state index contributed by atoms with van der Waals surface area (Å²) >= 11 is 2.76. The van der Waals surface area contributed by atoms with Crippen molar-refractivity contribution >= 4 is 21.8 Å². The highest BCUT2D eigenvalue weighted by molar-refractivity contribution is 9.12. The monoisotopic (exact) mass is 191 g/mol. The van der Waals surface area contributed by atoms with Gasteiger partial charge < -0.3 is 10.4 Å². The highest BCUT2D eigenvalue weighted by atomic mass is 79.9. The molecule has 0 aliphatic carbocycles. The van der Waals surface area contributed by atoms with Gasteiger partial charge in [-0.1, -0.05) is 0 Å². The summed E-state index contributed by atoms with van der Waals surface area (Å²) in [4.78, 5) is 12.6. The summed E-state index contributed by atoms with van der Waals surface area (Å²) in [6.45, 7) is 0.191. The van der Waals surface area contributed by atoms with Crippen molar-refractivity contribution in [1.29, 1.82) is 0 Å². The van der Waals surface area contributed by atoms with E-state index in [-0.39, 0.29) is 19.1 Å². The van der Waals surface area contributed by atoms with Crippen molar-refractivity contribution in [2.75, 3.05) is 13.2 Å². The number of aliphatic hydroxyl groups is 1. The van der Waals surface area contributed by atoms with Gasteiger partial charge in [0.05, 0.1) is 6.61 Å². The van der Waals surface area contributed by atoms with Crippen LogP contribution in [0.4, 0.5) is 0 Å². The lowest BCUT2D eigenvalue weighted by Crippen LogP contribution is -2.24. The Morgan fingerprint density at radius 3 is 2.89 bits per heavy atom. The molecule has 9 heavy (non-hydrogen) atoms. The van der Waals surface area contributed by atoms with Crippen LogP contribution in [0.3, 0.4) is 0 Å². The van der Waals surface area contributed by atoms with Crippen molar-refractivity contribution in [1.82, 2.24) is 5.32 Å². The van der Waals surface area contributed by atoms with E-state index in [9.17, 15) is 4.79 Å². The molecule has 0 fully saturated rings. The second-order valence-corrected chi connectivity index (χ2v) is 1.60. The highest BCUT2D eigenvalue weighted by Crippen LogP contribution is 1.68. The summed E-state index contributed by atoms with van der Waals surface area (Å²) in [7, 11) is 0. The number of carbonyl (C=O) groups excluding carboxylic acids is 1. The lowest BCUT2D eigenvalue weighted by atomic mass is 10.6. The van der Waals surface area contributed by atoms with Gasteiger partial charge in [0.1, 0.15) is 0 Å². The molecule has 0 bridgehead atoms. The molecule has 2 N–H and O–H groups in total. The van der Waals surface area contributed by atoms with Gasteiger partial charge in [0.25, 0.3) is 5.91 Å². The Hall–Kier alpha value is -0.530. The molecular formula is C5H6BrNO2. The highest BCUT2D eigenvalue weighted by Gasteiger charge is 1.89. The van der Waals surface area contributed by atoms with Crippen LogP contribution in [0.15, 0.2) is 0 Å². The quantitative estimate of drug-likeness (QED) is 0.576. The maximum atomic E-state index is 10.4. The molecule has 0 saturated carbocycles. The minimum Gasteiger partial charge on any atom is -0.395 e. The van der Waals surface area contributed by atoms with Gasteiger partial charge in [0.15, 0.2) is 0 Å². The Balaban J connectivity index is 3.35. The van der Waals surface area contributed by atoms with E-state index in [0.29, 0.717) is 0 Å². The number of nitrogens with one attached hydrogen (secondary N) is 1. The van der Waals surface area contributed by atoms with Crippen LogP contribution in [0.25, 0.3) is 0 Å². The lowest BCUT2D eigenvalue weighted by Gasteiger charge is -1.92. The van der Waals surface area contributed by atoms with Gasteiger partial charge in [0.2, 0.25) is 0 Å². The minimum absolute atomic E-state index is 0.0598. The van der Waals surface area contributed by atoms with Gasteiger partial charge in [-0.05, 0) is 4.83 Å². The fraction of sp³-hybridized carbons (Fsp3) is 0.400. The summed E-state index contributed by atoms with van der Waals surface area (Å²) in [6.07, 6.45) is 0. The van der Waals surface area contributed by atoms with Crippen LogP contribution >= 0.6 is 15.9 Å². The van der Waals surface area contributed by atoms with Crippen LogP contribution in [-0.2, 0) is 4.79 Å². The SMILES string of the molecule is O=C(C#CBr)NCCO. The third-order valence-electron chi connectivity index (χ3n) is 0.558. The molecule has 0 aromatic rings. The fourth-order valence-corrected chi connectivity index (χ4v) is 0.437. The second-order valence-electron chi connectivity index (χ2n) is 1.20. The average molecular weight is 192 g/mol. The summed E-state index contributed by atoms with van der Waals surface area (Å²) < 4.78 is 0. The molecule has 0 aliphatic heterocycles. The van der Waals surface area contributed by atoms with E-state index in [1.165, 1.54) is 0 Å². The number of rotatable bonds is 2. The molecule has 0 unspecified atom stereocenters. The Kier molecular flexibility index (Phi) is 5.27. The standard InChI is InChI=1S/C5H6BrNO2/c6-2-1-5(9)7-3-4-8/h8H,3-4H2,(H,7,9). The largest absolute Gasteiger partial charge is 0.395 e. The Morgan fingerprint density at radius 2 is 2.44 bits per heavy atom. The van der Waals surface area contributed by atoms with Crippen molar-refractivity contribution < 1.29 is 9.90 Å². The van der Waals surface area contributed by atoms with Crippen LogP contribution < -0.4 is 5.32 Å². The average Bonchev–Trinajstić information content (AvgIpc) is 1.85. The van der Waals surface area contributed by atoms with E-state index in [2.05, 4.69) is 32.0 Å². The summed E-state index contributed by atoms with van der Waals surface area (Å²) in [5.41, 5.74) is 0. The maximum Gasteiger partial charge on any atom is 0.296 e. The van der Waals surface area contributed by atoms with E-state index in [4.69, 9.17) is 5.11 Å². The van der Waals surface area contributed by atoms with Crippen molar-refractivity contribution in [3.05, 3.63) is 0 Å². The Morgan fingerprint density at radius 1 is 1.78 bits per heavy atom. The van der Waals surface area contributed by atoms with E-state index in [1.54, 1.807) is 0 Å². The normalized spacial score (nSPS) is 7.33. The molecule has 0 saturated heterocycles. The Labute approximate surface area is 61.6 Å². The van der Waals surface area contributed by atoms with Gasteiger partial charge >= 0.3 is 0 Å². The first kappa shape index (κ1) is 8.47. The van der Waals surface area contributed by atoms with Gasteiger partial charge in [-0.2, -0.15) is 0 Å². The third-order valence-corrected chi connectivity index (χ3v) is 0.756. The summed E-state index contributed by atoms with van der Waals surface area (Å²) in [5, 5.41) is 10.5. The molecule has 4 heteroatoms. The molecular weight excluding hydrogens is 186 g/mol. The molecule has 0 radical (unpaired) electrons. The zero-order valence-electron chi connectivity index (χ0n) is 4.65. The topological polar surface area (TPSA) is 49.3 Å². The van der Waals surface area contributed by atoms with Gasteiger partial charge in [0, 0.05) is 28.4 Å². The molecule has 0 atom stereocenters. The van der Waals surface area contributed by atoms with Crippen LogP contribution in [0, 0.1) is 10.8 Å². The maximum absolute atomic E-state index is 10.4. The van der Waals surface area contributed by atoms with E-state index in [0.717, 1.165) is 0 Å². The van der Waals surface area contributed by atoms with Crippen LogP contribution in [0.5, 0.6) is 0 Å². The van der Waals surface area contributed by atoms with E-state index >= 15 is 0 Å². The number of carbonyl (C=O) groups is 1. The number of aliphatic hydroxyl groups excluding tert-OH is 1. The molecule has 0 aromatic heterocycles. The summed E-state index contributed by atoms with van der Waals surface area (Å²) in [6, 6.07) is 0. The molecule has 50 valence electrons. The summed E-state index contributed by atoms with van der Waals surface area (Å²) in [5.74, 6) is 1.80. The Bertz CT molecular complexity index is 147. The smallest absolute Gasteiger partial charge is 0.296 e. The van der Waals surface area contributed by atoms with Crippen LogP contribution in [0.2, 0.25) is 0 Å². The van der Waals surface area contributed by atoms with Crippen molar-refractivity contribution in [3.8, 4) is 10.8 Å². The molecule has 0 rings (SSSR count). The minimum atomic E-state index is -0.388. The number of hydrogen-bond donors (Lipinski definition) is 2. The van der Waals surface area contributed by atoms with Gasteiger partial charge in [-0.3, -0.25) is 4.79 Å². The number of amides is 1. The van der Waals surface area contributed by atoms with Crippen molar-refractivity contribution in [3.63, 3.8) is 0 Å². The number of hydrogen-bond acceptors (Lipinski definition) is 2. The first-order chi connectivity index (χ1) is 4.31. The molecule has 0 spiro atoms. The van der Waals surface area contributed by atoms with Crippen molar-refractivity contribution in [2.45, 2.75) is 0 Å². The first-order valence-corrected chi connectivity index (χ1v) is 3.11. The number of halogens is 1. The van der Waals surface area contributed by atoms with E-state index in [1.807, 2.05) is 0 Å². The first-order valence-electron chi connectivity index (χ1n) is 2.31. The molecule has 0 heterocycles. The predicted molar refractivity (Wildman–Crippen MR) is 36.8 cm³/mol. The lowest BCUT2D eigenvalue weighted by molar-refractivity contribution is -0.115. The molecule has 1 amide bonds. The molecule has 3 nitrogen and oxygen atoms in total.